The summed E-state index contributed by atoms with van der Waals surface area (Å²) >= 11 is 0. The summed E-state index contributed by atoms with van der Waals surface area (Å²) in [5, 5.41) is 0. The number of hydrogen-bond donors (Lipinski definition) is 0. The molecule has 0 saturated heterocycles. The molecule has 0 amide bonds. The van der Waals surface area contributed by atoms with Crippen LogP contribution in [0, 0.1) is 0 Å². The van der Waals surface area contributed by atoms with Crippen molar-refractivity contribution < 1.29 is 21.6 Å². The van der Waals surface area contributed by atoms with Gasteiger partial charge in [-0.05, 0) is 25.7 Å². The van der Waals surface area contributed by atoms with E-state index in [1.165, 1.54) is 96.0 Å². The molecule has 0 atom stereocenters. The van der Waals surface area contributed by atoms with E-state index in [0.29, 0.717) is 0 Å². The van der Waals surface area contributed by atoms with E-state index < -0.39 is 0 Å². The smallest absolute Gasteiger partial charge is 0.243 e. The van der Waals surface area contributed by atoms with E-state index in [1.54, 1.807) is 0 Å². The molecule has 23 heavy (non-hydrogen) atoms. The average molecular weight is 391 g/mol. The van der Waals surface area contributed by atoms with Crippen LogP contribution in [0.25, 0.3) is 0 Å². The maximum atomic E-state index is 2.61. The van der Waals surface area contributed by atoms with Gasteiger partial charge in [-0.3, -0.25) is 9.48 Å². The van der Waals surface area contributed by atoms with Gasteiger partial charge in [0.15, 0.2) is 0 Å². The summed E-state index contributed by atoms with van der Waals surface area (Å²) in [5.41, 5.74) is 0. The zero-order valence-electron chi connectivity index (χ0n) is 16.7. The molecule has 0 unspecified atom stereocenters. The predicted molar refractivity (Wildman–Crippen MR) is 101 cm³/mol. The molecule has 0 spiro atoms. The third-order valence-corrected chi connectivity index (χ3v) is 4.67. The van der Waals surface area contributed by atoms with Crippen LogP contribution in [-0.2, 0) is 0 Å². The number of amidine groups is 1. The minimum atomic E-state index is 0. The molecule has 0 saturated carbocycles. The molecule has 0 N–H and O–H groups in total. The molecule has 0 bridgehead atoms. The summed E-state index contributed by atoms with van der Waals surface area (Å²) in [4.78, 5) is 2.27. The normalized spacial score (nSPS) is 10.3. The van der Waals surface area contributed by atoms with E-state index in [2.05, 4.69) is 44.3 Å². The molecular formula is C20H43BrN2. The molecule has 0 aliphatic carbocycles. The van der Waals surface area contributed by atoms with Crippen molar-refractivity contribution in [3.05, 3.63) is 0 Å². The summed E-state index contributed by atoms with van der Waals surface area (Å²) in [6.45, 7) is 9.33. The number of hydrogen-bond acceptors (Lipinski definition) is 0. The van der Waals surface area contributed by atoms with Crippen LogP contribution in [0.3, 0.4) is 0 Å². The third-order valence-electron chi connectivity index (χ3n) is 4.67. The molecule has 0 radical (unpaired) electrons. The van der Waals surface area contributed by atoms with Crippen LogP contribution in [0.1, 0.15) is 97.8 Å². The largest absolute Gasteiger partial charge is 1.00 e. The summed E-state index contributed by atoms with van der Waals surface area (Å²) in [7, 11) is 4.34. The Morgan fingerprint density at radius 3 is 1.35 bits per heavy atom. The molecule has 0 heterocycles. The summed E-state index contributed by atoms with van der Waals surface area (Å²) in [5.74, 6) is 1.43. The summed E-state index contributed by atoms with van der Waals surface area (Å²) < 4.78 is 2.61. The standard InChI is InChI=1S/C20H43N2.BrH/c1-6-8-10-12-14-16-18-22(20(3)21(4)5)19-17-15-13-11-9-7-2;/h6-19H2,1-5H3;1H/q+1;/p-1. The average Bonchev–Trinajstić information content (AvgIpc) is 2.51. The molecule has 3 heteroatoms. The van der Waals surface area contributed by atoms with Gasteiger partial charge < -0.3 is 17.0 Å². The Labute approximate surface area is 157 Å². The van der Waals surface area contributed by atoms with Crippen molar-refractivity contribution in [3.63, 3.8) is 0 Å². The quantitative estimate of drug-likeness (QED) is 0.191. The molecule has 0 aromatic heterocycles. The van der Waals surface area contributed by atoms with E-state index in [-0.39, 0.29) is 17.0 Å². The molecule has 0 fully saturated rings. The topological polar surface area (TPSA) is 6.25 Å². The Morgan fingerprint density at radius 2 is 1.00 bits per heavy atom. The maximum absolute atomic E-state index is 2.61. The highest BCUT2D eigenvalue weighted by Crippen LogP contribution is 2.07. The fourth-order valence-electron chi connectivity index (χ4n) is 2.88. The van der Waals surface area contributed by atoms with Gasteiger partial charge in [-0.25, -0.2) is 0 Å². The lowest BCUT2D eigenvalue weighted by Gasteiger charge is -2.14. The zero-order chi connectivity index (χ0) is 16.6. The van der Waals surface area contributed by atoms with Crippen molar-refractivity contribution >= 4 is 5.84 Å². The van der Waals surface area contributed by atoms with E-state index >= 15 is 0 Å². The maximum Gasteiger partial charge on any atom is 0.243 e. The molecule has 2 nitrogen and oxygen atoms in total. The monoisotopic (exact) mass is 390 g/mol. The fourth-order valence-corrected chi connectivity index (χ4v) is 2.88. The van der Waals surface area contributed by atoms with Gasteiger partial charge in [-0.2, -0.15) is 0 Å². The number of halogens is 1. The lowest BCUT2D eigenvalue weighted by Crippen LogP contribution is -3.00. The highest BCUT2D eigenvalue weighted by Gasteiger charge is 2.10. The van der Waals surface area contributed by atoms with Gasteiger partial charge in [0.1, 0.15) is 0 Å². The van der Waals surface area contributed by atoms with E-state index in [9.17, 15) is 0 Å². The second kappa shape index (κ2) is 18.3. The highest BCUT2D eigenvalue weighted by molar-refractivity contribution is 5.73. The minimum Gasteiger partial charge on any atom is -1.00 e. The van der Waals surface area contributed by atoms with Crippen molar-refractivity contribution in [3.8, 4) is 0 Å². The van der Waals surface area contributed by atoms with Crippen molar-refractivity contribution in [2.45, 2.75) is 97.8 Å². The number of rotatable bonds is 14. The number of unbranched alkanes of at least 4 members (excludes halogenated alkanes) is 10. The van der Waals surface area contributed by atoms with Crippen LogP contribution in [0.5, 0.6) is 0 Å². The van der Waals surface area contributed by atoms with Crippen LogP contribution < -0.4 is 17.0 Å². The van der Waals surface area contributed by atoms with E-state index in [0.717, 1.165) is 0 Å². The summed E-state index contributed by atoms with van der Waals surface area (Å²) in [6.07, 6.45) is 16.7. The molecule has 0 rings (SSSR count). The lowest BCUT2D eigenvalue weighted by atomic mass is 10.1. The van der Waals surface area contributed by atoms with Gasteiger partial charge in [-0.15, -0.1) is 0 Å². The molecule has 0 aromatic carbocycles. The second-order valence-electron chi connectivity index (χ2n) is 6.96. The van der Waals surface area contributed by atoms with Crippen LogP contribution in [0.15, 0.2) is 0 Å². The van der Waals surface area contributed by atoms with Crippen LogP contribution in [-0.4, -0.2) is 42.5 Å². The van der Waals surface area contributed by atoms with Crippen molar-refractivity contribution in [2.75, 3.05) is 27.2 Å². The first-order valence-electron chi connectivity index (χ1n) is 9.89. The van der Waals surface area contributed by atoms with E-state index in [4.69, 9.17) is 0 Å². The first-order valence-corrected chi connectivity index (χ1v) is 9.89. The Bertz CT molecular complexity index is 257. The van der Waals surface area contributed by atoms with Gasteiger partial charge in [0.05, 0.1) is 27.2 Å². The lowest BCUT2D eigenvalue weighted by molar-refractivity contribution is -0.534. The zero-order valence-corrected chi connectivity index (χ0v) is 18.3. The molecule has 0 aliphatic rings. The van der Waals surface area contributed by atoms with Gasteiger partial charge in [0.2, 0.25) is 5.84 Å². The molecule has 0 aliphatic heterocycles. The molecular weight excluding hydrogens is 348 g/mol. The van der Waals surface area contributed by atoms with Crippen molar-refractivity contribution in [2.24, 2.45) is 0 Å². The highest BCUT2D eigenvalue weighted by atomic mass is 79.9. The van der Waals surface area contributed by atoms with Crippen LogP contribution >= 0.6 is 0 Å². The van der Waals surface area contributed by atoms with Gasteiger partial charge in [-0.1, -0.05) is 65.2 Å². The van der Waals surface area contributed by atoms with Gasteiger partial charge >= 0.3 is 0 Å². The van der Waals surface area contributed by atoms with Gasteiger partial charge in [0, 0.05) is 6.92 Å². The van der Waals surface area contributed by atoms with Crippen molar-refractivity contribution in [1.82, 2.24) is 4.90 Å². The van der Waals surface area contributed by atoms with Crippen LogP contribution in [0.2, 0.25) is 0 Å². The first kappa shape index (κ1) is 25.2. The minimum absolute atomic E-state index is 0. The Balaban J connectivity index is 0. The van der Waals surface area contributed by atoms with Gasteiger partial charge in [0.25, 0.3) is 0 Å². The van der Waals surface area contributed by atoms with Crippen LogP contribution in [0.4, 0.5) is 0 Å². The summed E-state index contributed by atoms with van der Waals surface area (Å²) in [6, 6.07) is 0. The SMILES string of the molecule is CCCCCCCC[N+](CCCCCCCC)=C(C)N(C)C.[Br-]. The Kier molecular flexibility index (Phi) is 20.0. The fraction of sp³-hybridized carbons (Fsp3) is 0.950. The molecule has 140 valence electrons. The third kappa shape index (κ3) is 15.2. The number of nitrogens with zero attached hydrogens (tertiary/aromatic N) is 2. The Morgan fingerprint density at radius 1 is 0.652 bits per heavy atom. The van der Waals surface area contributed by atoms with E-state index in [1.807, 2.05) is 0 Å². The molecule has 0 aromatic rings. The second-order valence-corrected chi connectivity index (χ2v) is 6.96. The predicted octanol–water partition coefficient (Wildman–Crippen LogP) is 2.70. The Hall–Kier alpha value is -0.0500. The first-order chi connectivity index (χ1) is 10.6. The van der Waals surface area contributed by atoms with Crippen molar-refractivity contribution in [1.29, 1.82) is 0 Å².